The Kier molecular flexibility index (Phi) is 7.84. The van der Waals surface area contributed by atoms with Crippen LogP contribution in [0.4, 0.5) is 0 Å². The number of aliphatic hydroxyl groups excluding tert-OH is 1. The Hall–Kier alpha value is -2.29. The molecule has 3 amide bonds. The zero-order chi connectivity index (χ0) is 16.6. The van der Waals surface area contributed by atoms with Crippen LogP contribution in [0.5, 0.6) is 0 Å². The molecule has 120 valence electrons. The molecular weight excluding hydrogens is 278 g/mol. The van der Waals surface area contributed by atoms with Crippen LogP contribution >= 0.6 is 0 Å². The number of allylic oxidation sites excluding steroid dienone is 1. The number of hydrogen-bond acceptors (Lipinski definition) is 6. The molecule has 0 spiro atoms. The van der Waals surface area contributed by atoms with E-state index in [1.165, 1.54) is 20.0 Å². The highest BCUT2D eigenvalue weighted by Gasteiger charge is 2.27. The Morgan fingerprint density at radius 1 is 1.14 bits per heavy atom. The quantitative estimate of drug-likeness (QED) is 0.286. The van der Waals surface area contributed by atoms with Crippen molar-refractivity contribution in [3.8, 4) is 0 Å². The Bertz CT molecular complexity index is 422. The highest BCUT2D eigenvalue weighted by atomic mass is 16.3. The van der Waals surface area contributed by atoms with Crippen molar-refractivity contribution in [1.82, 2.24) is 10.6 Å². The molecule has 0 radical (unpaired) electrons. The fourth-order valence-electron chi connectivity index (χ4n) is 1.37. The van der Waals surface area contributed by atoms with Crippen molar-refractivity contribution < 1.29 is 19.5 Å². The summed E-state index contributed by atoms with van der Waals surface area (Å²) in [5.74, 6) is -1.90. The summed E-state index contributed by atoms with van der Waals surface area (Å²) < 4.78 is 0. The summed E-state index contributed by atoms with van der Waals surface area (Å²) in [7, 11) is 0. The van der Waals surface area contributed by atoms with Gasteiger partial charge in [0.1, 0.15) is 12.1 Å². The van der Waals surface area contributed by atoms with Crippen molar-refractivity contribution in [3.63, 3.8) is 0 Å². The second-order valence-electron chi connectivity index (χ2n) is 4.66. The average molecular weight is 301 g/mol. The molecule has 0 aliphatic heterocycles. The van der Waals surface area contributed by atoms with Crippen LogP contribution in [0, 0.1) is 0 Å². The minimum Gasteiger partial charge on any atom is -0.403 e. The topological polar surface area (TPSA) is 174 Å². The molecule has 3 atom stereocenters. The van der Waals surface area contributed by atoms with E-state index in [1.54, 1.807) is 0 Å². The maximum Gasteiger partial charge on any atom is 0.245 e. The van der Waals surface area contributed by atoms with Crippen LogP contribution in [-0.2, 0) is 14.4 Å². The number of nitrogens with two attached hydrogens (primary N) is 3. The number of rotatable bonds is 8. The van der Waals surface area contributed by atoms with Gasteiger partial charge in [-0.3, -0.25) is 14.4 Å². The van der Waals surface area contributed by atoms with Gasteiger partial charge in [0.25, 0.3) is 0 Å². The van der Waals surface area contributed by atoms with Gasteiger partial charge < -0.3 is 32.9 Å². The van der Waals surface area contributed by atoms with Gasteiger partial charge in [0.2, 0.25) is 17.7 Å². The third-order valence-electron chi connectivity index (χ3n) is 2.72. The molecule has 0 aromatic heterocycles. The van der Waals surface area contributed by atoms with Crippen molar-refractivity contribution in [3.05, 3.63) is 11.9 Å². The molecule has 9 nitrogen and oxygen atoms in total. The van der Waals surface area contributed by atoms with Gasteiger partial charge in [-0.25, -0.2) is 0 Å². The van der Waals surface area contributed by atoms with Crippen LogP contribution in [0.15, 0.2) is 11.9 Å². The second kappa shape index (κ2) is 8.80. The molecule has 0 aromatic carbocycles. The van der Waals surface area contributed by atoms with E-state index in [2.05, 4.69) is 10.6 Å². The molecule has 0 unspecified atom stereocenters. The standard InChI is InChI=1S/C12H23N5O4/c1-6(11(15)20)16-12(21)10(7(2)18)17-9(19)4-3-8(14)5-13/h5-7,10,18H,3-4,13-14H2,1-2H3,(H2,15,20)(H,16,21)(H,17,19)/b8-5-/t6-,7+,10-/m1/s1. The zero-order valence-electron chi connectivity index (χ0n) is 12.1. The first-order valence-corrected chi connectivity index (χ1v) is 6.42. The van der Waals surface area contributed by atoms with E-state index in [9.17, 15) is 19.5 Å². The summed E-state index contributed by atoms with van der Waals surface area (Å²) in [4.78, 5) is 34.5. The minimum atomic E-state index is -1.19. The van der Waals surface area contributed by atoms with Gasteiger partial charge in [-0.1, -0.05) is 0 Å². The maximum atomic E-state index is 11.9. The van der Waals surface area contributed by atoms with Gasteiger partial charge in [0.15, 0.2) is 0 Å². The number of carbonyl (C=O) groups excluding carboxylic acids is 3. The van der Waals surface area contributed by atoms with Crippen LogP contribution < -0.4 is 27.8 Å². The number of hydrogen-bond donors (Lipinski definition) is 6. The van der Waals surface area contributed by atoms with E-state index in [4.69, 9.17) is 17.2 Å². The smallest absolute Gasteiger partial charge is 0.245 e. The molecule has 0 aromatic rings. The van der Waals surface area contributed by atoms with Gasteiger partial charge in [-0.15, -0.1) is 0 Å². The van der Waals surface area contributed by atoms with Crippen LogP contribution in [0.3, 0.4) is 0 Å². The molecular formula is C12H23N5O4. The predicted molar refractivity (Wildman–Crippen MR) is 76.1 cm³/mol. The van der Waals surface area contributed by atoms with E-state index < -0.39 is 35.9 Å². The number of carbonyl (C=O) groups is 3. The highest BCUT2D eigenvalue weighted by molar-refractivity contribution is 5.91. The molecule has 0 fully saturated rings. The SMILES string of the molecule is C[C@H](O)[C@@H](NC(=O)CC/C(N)=C/N)C(=O)N[C@H](C)C(N)=O. The predicted octanol–water partition coefficient (Wildman–Crippen LogP) is -2.62. The summed E-state index contributed by atoms with van der Waals surface area (Å²) in [6.07, 6.45) is 0.285. The van der Waals surface area contributed by atoms with Gasteiger partial charge in [0.05, 0.1) is 6.10 Å². The summed E-state index contributed by atoms with van der Waals surface area (Å²) >= 11 is 0. The Morgan fingerprint density at radius 2 is 1.71 bits per heavy atom. The van der Waals surface area contributed by atoms with Gasteiger partial charge in [-0.2, -0.15) is 0 Å². The van der Waals surface area contributed by atoms with Gasteiger partial charge in [-0.05, 0) is 20.3 Å². The molecule has 0 bridgehead atoms. The summed E-state index contributed by atoms with van der Waals surface area (Å²) in [6, 6.07) is -2.10. The van der Waals surface area contributed by atoms with Crippen molar-refractivity contribution in [1.29, 1.82) is 0 Å². The van der Waals surface area contributed by atoms with E-state index in [1.807, 2.05) is 0 Å². The summed E-state index contributed by atoms with van der Waals surface area (Å²) in [5.41, 5.74) is 16.0. The molecule has 9 heteroatoms. The first-order chi connectivity index (χ1) is 9.68. The van der Waals surface area contributed by atoms with Crippen molar-refractivity contribution in [2.24, 2.45) is 17.2 Å². The molecule has 21 heavy (non-hydrogen) atoms. The fourth-order valence-corrected chi connectivity index (χ4v) is 1.37. The van der Waals surface area contributed by atoms with Gasteiger partial charge in [0, 0.05) is 18.3 Å². The molecule has 0 saturated carbocycles. The Labute approximate surface area is 122 Å². The molecule has 0 aliphatic carbocycles. The van der Waals surface area contributed by atoms with Crippen LogP contribution in [-0.4, -0.2) is 41.0 Å². The lowest BCUT2D eigenvalue weighted by Crippen LogP contribution is -2.55. The van der Waals surface area contributed by atoms with Crippen LogP contribution in [0.1, 0.15) is 26.7 Å². The number of primary amides is 1. The average Bonchev–Trinajstić information content (AvgIpc) is 2.41. The van der Waals surface area contributed by atoms with Crippen molar-refractivity contribution in [2.45, 2.75) is 44.9 Å². The van der Waals surface area contributed by atoms with Crippen LogP contribution in [0.2, 0.25) is 0 Å². The molecule has 0 saturated heterocycles. The lowest BCUT2D eigenvalue weighted by molar-refractivity contribution is -0.133. The molecule has 0 aliphatic rings. The fraction of sp³-hybridized carbons (Fsp3) is 0.583. The van der Waals surface area contributed by atoms with Crippen molar-refractivity contribution >= 4 is 17.7 Å². The number of amides is 3. The monoisotopic (exact) mass is 301 g/mol. The number of aliphatic hydroxyl groups is 1. The van der Waals surface area contributed by atoms with E-state index >= 15 is 0 Å². The van der Waals surface area contributed by atoms with Gasteiger partial charge >= 0.3 is 0 Å². The van der Waals surface area contributed by atoms with E-state index in [-0.39, 0.29) is 12.8 Å². The Morgan fingerprint density at radius 3 is 2.14 bits per heavy atom. The largest absolute Gasteiger partial charge is 0.403 e. The normalized spacial score (nSPS) is 15.7. The first-order valence-electron chi connectivity index (χ1n) is 6.42. The Balaban J connectivity index is 4.58. The highest BCUT2D eigenvalue weighted by Crippen LogP contribution is 2.00. The lowest BCUT2D eigenvalue weighted by Gasteiger charge is -2.22. The maximum absolute atomic E-state index is 11.9. The minimum absolute atomic E-state index is 0.0153. The molecule has 9 N–H and O–H groups in total. The van der Waals surface area contributed by atoms with E-state index in [0.29, 0.717) is 5.70 Å². The van der Waals surface area contributed by atoms with E-state index in [0.717, 1.165) is 0 Å². The third-order valence-corrected chi connectivity index (χ3v) is 2.72. The third kappa shape index (κ3) is 7.16. The van der Waals surface area contributed by atoms with Crippen molar-refractivity contribution in [2.75, 3.05) is 0 Å². The molecule has 0 rings (SSSR count). The first kappa shape index (κ1) is 18.7. The summed E-state index contributed by atoms with van der Waals surface area (Å²) in [6.45, 7) is 2.74. The lowest BCUT2D eigenvalue weighted by atomic mass is 10.1. The van der Waals surface area contributed by atoms with Crippen LogP contribution in [0.25, 0.3) is 0 Å². The number of nitrogens with one attached hydrogen (secondary N) is 2. The zero-order valence-corrected chi connectivity index (χ0v) is 12.1. The summed E-state index contributed by atoms with van der Waals surface area (Å²) in [5, 5.41) is 14.2. The molecule has 0 heterocycles. The second-order valence-corrected chi connectivity index (χ2v) is 4.66.